The second-order valence-electron chi connectivity index (χ2n) is 11.6. The van der Waals surface area contributed by atoms with Crippen LogP contribution in [0.2, 0.25) is 0 Å². The minimum atomic E-state index is -1.77. The van der Waals surface area contributed by atoms with E-state index in [9.17, 15) is 29.1 Å². The SMILES string of the molecule is CC(C)N(C(=O)CN1C(=O)C(NC(=O)c2cc3ccccc3n2CC(=O)O)C(=O)N(c2ccccc2)c2ccccc21)c1ccccc1. The Balaban J connectivity index is 1.45. The van der Waals surface area contributed by atoms with E-state index in [-0.39, 0.29) is 11.7 Å². The summed E-state index contributed by atoms with van der Waals surface area (Å²) in [5, 5.41) is 12.9. The summed E-state index contributed by atoms with van der Waals surface area (Å²) in [7, 11) is 0. The lowest BCUT2D eigenvalue weighted by Gasteiger charge is -2.31. The second-order valence-corrected chi connectivity index (χ2v) is 11.6. The van der Waals surface area contributed by atoms with Crippen molar-refractivity contribution in [2.45, 2.75) is 32.5 Å². The number of carboxylic acid groups (broad SMARTS) is 1. The molecule has 0 saturated heterocycles. The van der Waals surface area contributed by atoms with Gasteiger partial charge in [-0.1, -0.05) is 66.7 Å². The number of rotatable bonds is 9. The highest BCUT2D eigenvalue weighted by Crippen LogP contribution is 2.38. The van der Waals surface area contributed by atoms with Crippen LogP contribution in [-0.4, -0.2) is 57.9 Å². The van der Waals surface area contributed by atoms with E-state index < -0.39 is 48.7 Å². The molecule has 1 atom stereocenters. The molecule has 0 bridgehead atoms. The molecule has 1 aliphatic rings. The summed E-state index contributed by atoms with van der Waals surface area (Å²) in [6.45, 7) is 2.78. The Labute approximate surface area is 276 Å². The van der Waals surface area contributed by atoms with E-state index in [1.807, 2.05) is 32.0 Å². The summed E-state index contributed by atoms with van der Waals surface area (Å²) in [6.07, 6.45) is 0. The molecule has 11 heteroatoms. The molecular weight excluding hydrogens is 610 g/mol. The van der Waals surface area contributed by atoms with Gasteiger partial charge < -0.3 is 19.9 Å². The minimum Gasteiger partial charge on any atom is -0.480 e. The fourth-order valence-electron chi connectivity index (χ4n) is 6.08. The smallest absolute Gasteiger partial charge is 0.323 e. The molecule has 5 aromatic rings. The molecule has 2 heterocycles. The van der Waals surface area contributed by atoms with Crippen molar-refractivity contribution in [3.05, 3.63) is 121 Å². The van der Waals surface area contributed by atoms with E-state index in [0.717, 1.165) is 0 Å². The van der Waals surface area contributed by atoms with Gasteiger partial charge in [-0.2, -0.15) is 0 Å². The van der Waals surface area contributed by atoms with Gasteiger partial charge in [0, 0.05) is 28.3 Å². The number of carboxylic acids is 1. The highest BCUT2D eigenvalue weighted by molar-refractivity contribution is 6.25. The molecule has 2 N–H and O–H groups in total. The van der Waals surface area contributed by atoms with Crippen molar-refractivity contribution in [1.82, 2.24) is 9.88 Å². The zero-order chi connectivity index (χ0) is 33.9. The maximum atomic E-state index is 14.6. The third kappa shape index (κ3) is 6.01. The minimum absolute atomic E-state index is 0.0371. The summed E-state index contributed by atoms with van der Waals surface area (Å²) in [4.78, 5) is 73.0. The largest absolute Gasteiger partial charge is 0.480 e. The topological polar surface area (TPSA) is 132 Å². The van der Waals surface area contributed by atoms with Gasteiger partial charge in [0.25, 0.3) is 17.7 Å². The van der Waals surface area contributed by atoms with Crippen molar-refractivity contribution in [2.75, 3.05) is 21.2 Å². The van der Waals surface area contributed by atoms with Crippen LogP contribution in [-0.2, 0) is 25.7 Å². The quantitative estimate of drug-likeness (QED) is 0.218. The number of nitrogens with one attached hydrogen (secondary N) is 1. The van der Waals surface area contributed by atoms with E-state index in [2.05, 4.69) is 5.32 Å². The molecule has 1 aromatic heterocycles. The summed E-state index contributed by atoms with van der Waals surface area (Å²) in [5.41, 5.74) is 2.21. The summed E-state index contributed by atoms with van der Waals surface area (Å²) >= 11 is 0. The van der Waals surface area contributed by atoms with Crippen molar-refractivity contribution in [2.24, 2.45) is 0 Å². The fraction of sp³-hybridized carbons (Fsp3) is 0.162. The number of anilines is 4. The highest BCUT2D eigenvalue weighted by Gasteiger charge is 2.43. The number of fused-ring (bicyclic) bond motifs is 2. The number of carbonyl (C=O) groups excluding carboxylic acids is 4. The molecular formula is C37H33N5O6. The lowest BCUT2D eigenvalue weighted by atomic mass is 10.1. The van der Waals surface area contributed by atoms with Crippen LogP contribution in [0.15, 0.2) is 115 Å². The third-order valence-corrected chi connectivity index (χ3v) is 8.13. The van der Waals surface area contributed by atoms with Crippen LogP contribution in [0.4, 0.5) is 22.7 Å². The first-order valence-electron chi connectivity index (χ1n) is 15.4. The first kappa shape index (κ1) is 31.7. The van der Waals surface area contributed by atoms with E-state index in [1.165, 1.54) is 20.4 Å². The van der Waals surface area contributed by atoms with E-state index in [4.69, 9.17) is 0 Å². The number of benzene rings is 4. The normalized spacial score (nSPS) is 14.5. The maximum Gasteiger partial charge on any atom is 0.323 e. The standard InChI is InChI=1S/C37H33N5O6/c1-24(2)41(26-14-5-3-6-15-26)32(43)22-40-29-19-11-12-20-30(29)42(27-16-7-4-8-17-27)37(48)34(36(40)47)38-35(46)31-21-25-13-9-10-18-28(25)39(31)23-33(44)45/h3-21,24,34H,22-23H2,1-2H3,(H,38,46)(H,44,45). The fourth-order valence-corrected chi connectivity index (χ4v) is 6.08. The van der Waals surface area contributed by atoms with Gasteiger partial charge in [-0.3, -0.25) is 33.8 Å². The molecule has 0 fully saturated rings. The average molecular weight is 644 g/mol. The third-order valence-electron chi connectivity index (χ3n) is 8.13. The number of aliphatic carboxylic acids is 1. The molecule has 1 unspecified atom stereocenters. The number of nitrogens with zero attached hydrogens (tertiary/aromatic N) is 4. The molecule has 0 aliphatic carbocycles. The Kier molecular flexibility index (Phi) is 8.76. The van der Waals surface area contributed by atoms with E-state index in [1.54, 1.807) is 95.9 Å². The van der Waals surface area contributed by atoms with Gasteiger partial charge in [0.1, 0.15) is 18.8 Å². The Morgan fingerprint density at radius 2 is 1.38 bits per heavy atom. The van der Waals surface area contributed by atoms with Crippen LogP contribution >= 0.6 is 0 Å². The lowest BCUT2D eigenvalue weighted by molar-refractivity contribution is -0.137. The number of carbonyl (C=O) groups is 5. The van der Waals surface area contributed by atoms with Crippen LogP contribution in [0.25, 0.3) is 10.9 Å². The summed E-state index contributed by atoms with van der Waals surface area (Å²) in [5.74, 6) is -3.95. The first-order valence-corrected chi connectivity index (χ1v) is 15.4. The predicted octanol–water partition coefficient (Wildman–Crippen LogP) is 4.98. The zero-order valence-corrected chi connectivity index (χ0v) is 26.3. The molecule has 4 amide bonds. The van der Waals surface area contributed by atoms with Gasteiger partial charge in [-0.15, -0.1) is 0 Å². The Bertz CT molecular complexity index is 2020. The van der Waals surface area contributed by atoms with Crippen LogP contribution in [0.1, 0.15) is 24.3 Å². The maximum absolute atomic E-state index is 14.6. The number of aromatic nitrogens is 1. The van der Waals surface area contributed by atoms with Crippen LogP contribution < -0.4 is 20.0 Å². The number of amides is 4. The average Bonchev–Trinajstić information content (AvgIpc) is 3.41. The van der Waals surface area contributed by atoms with Crippen molar-refractivity contribution < 1.29 is 29.1 Å². The van der Waals surface area contributed by atoms with E-state index >= 15 is 0 Å². The van der Waals surface area contributed by atoms with Gasteiger partial charge in [-0.05, 0) is 62.4 Å². The molecule has 1 aliphatic heterocycles. The Morgan fingerprint density at radius 3 is 2.04 bits per heavy atom. The molecule has 48 heavy (non-hydrogen) atoms. The van der Waals surface area contributed by atoms with Gasteiger partial charge in [0.05, 0.1) is 11.4 Å². The predicted molar refractivity (Wildman–Crippen MR) is 182 cm³/mol. The summed E-state index contributed by atoms with van der Waals surface area (Å²) < 4.78 is 1.32. The molecule has 0 radical (unpaired) electrons. The molecule has 4 aromatic carbocycles. The van der Waals surface area contributed by atoms with Crippen LogP contribution in [0, 0.1) is 0 Å². The van der Waals surface area contributed by atoms with Crippen LogP contribution in [0.5, 0.6) is 0 Å². The summed E-state index contributed by atoms with van der Waals surface area (Å²) in [6, 6.07) is 30.9. The highest BCUT2D eigenvalue weighted by atomic mass is 16.4. The molecule has 11 nitrogen and oxygen atoms in total. The van der Waals surface area contributed by atoms with Gasteiger partial charge >= 0.3 is 5.97 Å². The van der Waals surface area contributed by atoms with Crippen molar-refractivity contribution in [3.8, 4) is 0 Å². The van der Waals surface area contributed by atoms with Crippen molar-refractivity contribution in [1.29, 1.82) is 0 Å². The van der Waals surface area contributed by atoms with Crippen LogP contribution in [0.3, 0.4) is 0 Å². The second kappa shape index (κ2) is 13.2. The number of hydrogen-bond donors (Lipinski definition) is 2. The molecule has 6 rings (SSSR count). The molecule has 0 saturated carbocycles. The van der Waals surface area contributed by atoms with Crippen molar-refractivity contribution in [3.63, 3.8) is 0 Å². The monoisotopic (exact) mass is 643 g/mol. The number of hydrogen-bond acceptors (Lipinski definition) is 5. The first-order chi connectivity index (χ1) is 23.2. The van der Waals surface area contributed by atoms with Gasteiger partial charge in [-0.25, -0.2) is 0 Å². The Morgan fingerprint density at radius 1 is 0.771 bits per heavy atom. The molecule has 242 valence electrons. The Hall–Kier alpha value is -6.23. The van der Waals surface area contributed by atoms with E-state index in [0.29, 0.717) is 33.7 Å². The number of para-hydroxylation sites is 5. The van der Waals surface area contributed by atoms with Gasteiger partial charge in [0.15, 0.2) is 6.04 Å². The molecule has 0 spiro atoms. The lowest BCUT2D eigenvalue weighted by Crippen LogP contribution is -2.56. The zero-order valence-electron chi connectivity index (χ0n) is 26.3. The van der Waals surface area contributed by atoms with Crippen molar-refractivity contribution >= 4 is 63.3 Å². The van der Waals surface area contributed by atoms with Gasteiger partial charge in [0.2, 0.25) is 5.91 Å².